The van der Waals surface area contributed by atoms with E-state index in [9.17, 15) is 0 Å². The Morgan fingerprint density at radius 1 is 1.19 bits per heavy atom. The molecule has 2 unspecified atom stereocenters. The van der Waals surface area contributed by atoms with Gasteiger partial charge in [-0.05, 0) is 44.3 Å². The Bertz CT molecular complexity index is 332. The second-order valence-electron chi connectivity index (χ2n) is 5.06. The van der Waals surface area contributed by atoms with E-state index in [0.29, 0.717) is 0 Å². The van der Waals surface area contributed by atoms with Crippen LogP contribution in [0.5, 0.6) is 0 Å². The molecule has 0 fully saturated rings. The minimum atomic E-state index is -1.57. The molecule has 90 valence electrons. The standard InChI is InChI=1S/C12H20BrNOSi/c1-9(14)12(15-16(2,3)4)10-5-7-11(13)8-6-10/h5-9,12H,14H2,1-4H3. The fraction of sp³-hybridized carbons (Fsp3) is 0.500. The molecule has 1 aromatic carbocycles. The predicted molar refractivity (Wildman–Crippen MR) is 75.0 cm³/mol. The van der Waals surface area contributed by atoms with E-state index < -0.39 is 8.32 Å². The van der Waals surface area contributed by atoms with Crippen molar-refractivity contribution in [2.24, 2.45) is 5.73 Å². The fourth-order valence-electron chi connectivity index (χ4n) is 1.51. The van der Waals surface area contributed by atoms with Gasteiger partial charge in [0.05, 0.1) is 6.10 Å². The molecular formula is C12H20BrNOSi. The Morgan fingerprint density at radius 2 is 1.69 bits per heavy atom. The Morgan fingerprint density at radius 3 is 2.06 bits per heavy atom. The lowest BCUT2D eigenvalue weighted by atomic mass is 10.0. The minimum Gasteiger partial charge on any atom is -0.409 e. The van der Waals surface area contributed by atoms with Crippen molar-refractivity contribution >= 4 is 24.2 Å². The first kappa shape index (κ1) is 13.9. The Labute approximate surface area is 107 Å². The van der Waals surface area contributed by atoms with Crippen LogP contribution in [0, 0.1) is 0 Å². The van der Waals surface area contributed by atoms with E-state index in [2.05, 4.69) is 47.7 Å². The maximum atomic E-state index is 6.12. The summed E-state index contributed by atoms with van der Waals surface area (Å²) in [5.74, 6) is 0. The molecule has 0 heterocycles. The van der Waals surface area contributed by atoms with Crippen LogP contribution in [-0.4, -0.2) is 14.4 Å². The van der Waals surface area contributed by atoms with E-state index in [1.165, 1.54) is 0 Å². The Hall–Kier alpha value is -0.163. The van der Waals surface area contributed by atoms with Gasteiger partial charge in [-0.15, -0.1) is 0 Å². The fourth-order valence-corrected chi connectivity index (χ4v) is 2.89. The molecule has 0 aliphatic rings. The third-order valence-electron chi connectivity index (χ3n) is 2.16. The highest BCUT2D eigenvalue weighted by Crippen LogP contribution is 2.25. The summed E-state index contributed by atoms with van der Waals surface area (Å²) in [6, 6.07) is 8.19. The van der Waals surface area contributed by atoms with Crippen LogP contribution in [0.2, 0.25) is 19.6 Å². The zero-order valence-corrected chi connectivity index (χ0v) is 12.9. The van der Waals surface area contributed by atoms with Crippen molar-refractivity contribution in [3.63, 3.8) is 0 Å². The van der Waals surface area contributed by atoms with Gasteiger partial charge < -0.3 is 10.2 Å². The van der Waals surface area contributed by atoms with Crippen LogP contribution >= 0.6 is 15.9 Å². The molecule has 0 aromatic heterocycles. The molecule has 4 heteroatoms. The lowest BCUT2D eigenvalue weighted by Gasteiger charge is -2.29. The predicted octanol–water partition coefficient (Wildman–Crippen LogP) is 3.69. The van der Waals surface area contributed by atoms with Gasteiger partial charge in [-0.3, -0.25) is 0 Å². The topological polar surface area (TPSA) is 35.2 Å². The average molecular weight is 302 g/mol. The van der Waals surface area contributed by atoms with E-state index in [-0.39, 0.29) is 12.1 Å². The lowest BCUT2D eigenvalue weighted by Crippen LogP contribution is -2.36. The molecule has 0 aliphatic carbocycles. The average Bonchev–Trinajstić information content (AvgIpc) is 2.14. The maximum Gasteiger partial charge on any atom is 0.184 e. The molecule has 0 aliphatic heterocycles. The third kappa shape index (κ3) is 4.37. The molecule has 0 amide bonds. The van der Waals surface area contributed by atoms with E-state index in [0.717, 1.165) is 10.0 Å². The smallest absolute Gasteiger partial charge is 0.184 e. The number of hydrogen-bond acceptors (Lipinski definition) is 2. The summed E-state index contributed by atoms with van der Waals surface area (Å²) in [4.78, 5) is 0. The molecule has 0 spiro atoms. The summed E-state index contributed by atoms with van der Waals surface area (Å²) in [6.07, 6.45) is -0.000216. The number of halogens is 1. The third-order valence-corrected chi connectivity index (χ3v) is 3.65. The van der Waals surface area contributed by atoms with Crippen LogP contribution in [0.4, 0.5) is 0 Å². The highest BCUT2D eigenvalue weighted by Gasteiger charge is 2.24. The first-order valence-electron chi connectivity index (χ1n) is 5.48. The van der Waals surface area contributed by atoms with Crippen LogP contribution in [0.25, 0.3) is 0 Å². The molecule has 0 radical (unpaired) electrons. The molecule has 2 N–H and O–H groups in total. The van der Waals surface area contributed by atoms with Crippen molar-refractivity contribution in [1.29, 1.82) is 0 Å². The highest BCUT2D eigenvalue weighted by molar-refractivity contribution is 9.10. The quantitative estimate of drug-likeness (QED) is 0.861. The number of benzene rings is 1. The van der Waals surface area contributed by atoms with Gasteiger partial charge >= 0.3 is 0 Å². The van der Waals surface area contributed by atoms with Crippen LogP contribution in [0.3, 0.4) is 0 Å². The number of rotatable bonds is 4. The van der Waals surface area contributed by atoms with Gasteiger partial charge in [0.15, 0.2) is 8.32 Å². The molecular weight excluding hydrogens is 282 g/mol. The van der Waals surface area contributed by atoms with Crippen molar-refractivity contribution in [3.8, 4) is 0 Å². The van der Waals surface area contributed by atoms with Crippen LogP contribution in [0.15, 0.2) is 28.7 Å². The second kappa shape index (κ2) is 5.45. The molecule has 2 atom stereocenters. The van der Waals surface area contributed by atoms with Crippen molar-refractivity contribution in [2.75, 3.05) is 0 Å². The van der Waals surface area contributed by atoms with E-state index in [1.54, 1.807) is 0 Å². The van der Waals surface area contributed by atoms with Gasteiger partial charge in [-0.1, -0.05) is 28.1 Å². The summed E-state index contributed by atoms with van der Waals surface area (Å²) in [5.41, 5.74) is 7.15. The summed E-state index contributed by atoms with van der Waals surface area (Å²) in [7, 11) is -1.57. The van der Waals surface area contributed by atoms with Crippen molar-refractivity contribution in [2.45, 2.75) is 38.7 Å². The maximum absolute atomic E-state index is 6.12. The van der Waals surface area contributed by atoms with Crippen LogP contribution in [-0.2, 0) is 4.43 Å². The zero-order valence-electron chi connectivity index (χ0n) is 10.3. The van der Waals surface area contributed by atoms with Crippen molar-refractivity contribution in [1.82, 2.24) is 0 Å². The first-order valence-corrected chi connectivity index (χ1v) is 9.68. The van der Waals surface area contributed by atoms with Gasteiger partial charge in [0, 0.05) is 10.5 Å². The zero-order chi connectivity index (χ0) is 12.3. The summed E-state index contributed by atoms with van der Waals surface area (Å²) < 4.78 is 7.20. The molecule has 16 heavy (non-hydrogen) atoms. The minimum absolute atomic E-state index is 0.000216. The van der Waals surface area contributed by atoms with Crippen LogP contribution in [0.1, 0.15) is 18.6 Å². The van der Waals surface area contributed by atoms with Gasteiger partial charge in [0.25, 0.3) is 0 Å². The summed E-state index contributed by atoms with van der Waals surface area (Å²) >= 11 is 3.43. The van der Waals surface area contributed by atoms with Gasteiger partial charge in [0.1, 0.15) is 0 Å². The largest absolute Gasteiger partial charge is 0.409 e. The molecule has 0 bridgehead atoms. The van der Waals surface area contributed by atoms with Gasteiger partial charge in [-0.25, -0.2) is 0 Å². The molecule has 1 aromatic rings. The molecule has 2 nitrogen and oxygen atoms in total. The van der Waals surface area contributed by atoms with E-state index in [4.69, 9.17) is 10.2 Å². The second-order valence-corrected chi connectivity index (χ2v) is 10.4. The van der Waals surface area contributed by atoms with Crippen LogP contribution < -0.4 is 5.73 Å². The molecule has 0 saturated carbocycles. The summed E-state index contributed by atoms with van der Waals surface area (Å²) in [5, 5.41) is 0. The van der Waals surface area contributed by atoms with E-state index >= 15 is 0 Å². The SMILES string of the molecule is CC(N)C(O[Si](C)(C)C)c1ccc(Br)cc1. The number of nitrogens with two attached hydrogens (primary N) is 1. The lowest BCUT2D eigenvalue weighted by molar-refractivity contribution is 0.172. The monoisotopic (exact) mass is 301 g/mol. The summed E-state index contributed by atoms with van der Waals surface area (Å²) in [6.45, 7) is 8.54. The molecule has 0 saturated heterocycles. The van der Waals surface area contributed by atoms with Crippen molar-refractivity contribution < 1.29 is 4.43 Å². The number of hydrogen-bond donors (Lipinski definition) is 1. The van der Waals surface area contributed by atoms with Gasteiger partial charge in [0.2, 0.25) is 0 Å². The van der Waals surface area contributed by atoms with Crippen molar-refractivity contribution in [3.05, 3.63) is 34.3 Å². The molecule has 1 rings (SSSR count). The normalized spacial score (nSPS) is 15.9. The van der Waals surface area contributed by atoms with E-state index in [1.807, 2.05) is 19.1 Å². The van der Waals surface area contributed by atoms with Gasteiger partial charge in [-0.2, -0.15) is 0 Å². The first-order chi connectivity index (χ1) is 7.29. The highest BCUT2D eigenvalue weighted by atomic mass is 79.9. The Kier molecular flexibility index (Phi) is 4.73. The Balaban J connectivity index is 2.90.